The number of benzene rings is 2. The molecule has 9 heteroatoms. The minimum absolute atomic E-state index is 0.00468. The van der Waals surface area contributed by atoms with Gasteiger partial charge in [0.2, 0.25) is 0 Å². The molecule has 2 aromatic rings. The Kier molecular flexibility index (Phi) is 4.93. The third-order valence-electron chi connectivity index (χ3n) is 2.95. The first-order valence-electron chi connectivity index (χ1n) is 6.33. The van der Waals surface area contributed by atoms with Crippen LogP contribution in [0.5, 0.6) is 0 Å². The Morgan fingerprint density at radius 2 is 1.29 bits per heavy atom. The van der Waals surface area contributed by atoms with E-state index in [2.05, 4.69) is 15.9 Å². The second-order valence-corrected chi connectivity index (χ2v) is 5.67. The monoisotopic (exact) mass is 411 g/mol. The molecule has 0 radical (unpaired) electrons. The Morgan fingerprint density at radius 1 is 0.833 bits per heavy atom. The largest absolute Gasteiger partial charge is 0.416 e. The Bertz CT molecular complexity index is 720. The minimum atomic E-state index is -4.97. The Hall–Kier alpha value is -2.03. The first-order valence-corrected chi connectivity index (χ1v) is 7.12. The van der Waals surface area contributed by atoms with Gasteiger partial charge >= 0.3 is 12.4 Å². The lowest BCUT2D eigenvalue weighted by Crippen LogP contribution is -2.15. The first kappa shape index (κ1) is 18.3. The lowest BCUT2D eigenvalue weighted by atomic mass is 10.1. The van der Waals surface area contributed by atoms with Crippen molar-refractivity contribution in [1.29, 1.82) is 0 Å². The van der Waals surface area contributed by atoms with Crippen LogP contribution in [-0.4, -0.2) is 5.91 Å². The molecule has 0 spiro atoms. The van der Waals surface area contributed by atoms with Crippen molar-refractivity contribution in [2.75, 3.05) is 5.32 Å². The molecule has 0 fully saturated rings. The van der Waals surface area contributed by atoms with Crippen LogP contribution in [0.4, 0.5) is 32.0 Å². The van der Waals surface area contributed by atoms with Gasteiger partial charge in [-0.2, -0.15) is 26.3 Å². The van der Waals surface area contributed by atoms with E-state index in [1.807, 2.05) is 5.32 Å². The first-order chi connectivity index (χ1) is 11.0. The third kappa shape index (κ3) is 4.50. The highest BCUT2D eigenvalue weighted by Gasteiger charge is 2.37. The van der Waals surface area contributed by atoms with Crippen LogP contribution in [0, 0.1) is 0 Å². The maximum atomic E-state index is 12.8. The molecule has 0 heterocycles. The van der Waals surface area contributed by atoms with Crippen LogP contribution in [-0.2, 0) is 12.4 Å². The van der Waals surface area contributed by atoms with E-state index < -0.39 is 35.1 Å². The maximum Gasteiger partial charge on any atom is 0.416 e. The van der Waals surface area contributed by atoms with Gasteiger partial charge in [-0.05, 0) is 42.5 Å². The van der Waals surface area contributed by atoms with Crippen LogP contribution in [0.25, 0.3) is 0 Å². The summed E-state index contributed by atoms with van der Waals surface area (Å²) in [4.78, 5) is 12.0. The Balaban J connectivity index is 2.38. The van der Waals surface area contributed by atoms with Crippen molar-refractivity contribution in [3.8, 4) is 0 Å². The Labute approximate surface area is 140 Å². The van der Waals surface area contributed by atoms with Crippen molar-refractivity contribution in [3.63, 3.8) is 0 Å². The molecule has 2 rings (SSSR count). The molecule has 2 aromatic carbocycles. The summed E-state index contributed by atoms with van der Waals surface area (Å²) < 4.78 is 77.2. The summed E-state index contributed by atoms with van der Waals surface area (Å²) in [6.45, 7) is 0. The number of carbonyl (C=O) groups excluding carboxylic acids is 1. The number of rotatable bonds is 2. The van der Waals surface area contributed by atoms with Crippen molar-refractivity contribution in [2.24, 2.45) is 0 Å². The van der Waals surface area contributed by atoms with Gasteiger partial charge in [-0.3, -0.25) is 4.79 Å². The van der Waals surface area contributed by atoms with E-state index in [1.54, 1.807) is 0 Å². The van der Waals surface area contributed by atoms with E-state index in [0.29, 0.717) is 16.6 Å². The van der Waals surface area contributed by atoms with Crippen molar-refractivity contribution in [1.82, 2.24) is 0 Å². The molecular formula is C15H8BrF6NO. The summed E-state index contributed by atoms with van der Waals surface area (Å²) in [5, 5.41) is 2.05. The van der Waals surface area contributed by atoms with Gasteiger partial charge < -0.3 is 5.32 Å². The van der Waals surface area contributed by atoms with Gasteiger partial charge in [0.15, 0.2) is 0 Å². The smallest absolute Gasteiger partial charge is 0.322 e. The van der Waals surface area contributed by atoms with E-state index >= 15 is 0 Å². The van der Waals surface area contributed by atoms with Crippen LogP contribution in [0.2, 0.25) is 0 Å². The fourth-order valence-corrected chi connectivity index (χ4v) is 2.10. The number of nitrogens with one attached hydrogen (secondary N) is 1. The zero-order valence-corrected chi connectivity index (χ0v) is 13.2. The molecule has 0 unspecified atom stereocenters. The van der Waals surface area contributed by atoms with Crippen LogP contribution in [0.3, 0.4) is 0 Å². The van der Waals surface area contributed by atoms with Gasteiger partial charge in [0.1, 0.15) is 0 Å². The second kappa shape index (κ2) is 6.46. The average Bonchev–Trinajstić information content (AvgIpc) is 2.45. The van der Waals surface area contributed by atoms with Crippen LogP contribution in [0.1, 0.15) is 21.5 Å². The predicted molar refractivity (Wildman–Crippen MR) is 78.5 cm³/mol. The van der Waals surface area contributed by atoms with Crippen molar-refractivity contribution in [2.45, 2.75) is 12.4 Å². The van der Waals surface area contributed by atoms with Crippen LogP contribution in [0.15, 0.2) is 46.9 Å². The van der Waals surface area contributed by atoms with Gasteiger partial charge in [-0.15, -0.1) is 0 Å². The summed E-state index contributed by atoms with van der Waals surface area (Å²) in [6.07, 6.45) is -9.95. The number of hydrogen-bond acceptors (Lipinski definition) is 1. The van der Waals surface area contributed by atoms with E-state index in [9.17, 15) is 31.1 Å². The van der Waals surface area contributed by atoms with E-state index in [-0.39, 0.29) is 11.6 Å². The summed E-state index contributed by atoms with van der Waals surface area (Å²) in [5.74, 6) is -0.824. The van der Waals surface area contributed by atoms with Gasteiger partial charge in [0, 0.05) is 15.7 Å². The zero-order valence-electron chi connectivity index (χ0n) is 11.6. The second-order valence-electron chi connectivity index (χ2n) is 4.76. The molecule has 2 nitrogen and oxygen atoms in total. The van der Waals surface area contributed by atoms with E-state index in [1.165, 1.54) is 24.3 Å². The van der Waals surface area contributed by atoms with Gasteiger partial charge in [0.05, 0.1) is 11.1 Å². The van der Waals surface area contributed by atoms with E-state index in [0.717, 1.165) is 0 Å². The molecule has 0 saturated heterocycles. The highest BCUT2D eigenvalue weighted by atomic mass is 79.9. The lowest BCUT2D eigenvalue weighted by molar-refractivity contribution is -0.143. The van der Waals surface area contributed by atoms with Gasteiger partial charge in [-0.25, -0.2) is 0 Å². The zero-order chi connectivity index (χ0) is 18.1. The number of alkyl halides is 6. The fraction of sp³-hybridized carbons (Fsp3) is 0.133. The molecule has 1 amide bonds. The summed E-state index contributed by atoms with van der Waals surface area (Å²) in [6, 6.07) is 6.67. The topological polar surface area (TPSA) is 29.1 Å². The number of amides is 1. The SMILES string of the molecule is O=C(Nc1cc(C(F)(F)F)cc(C(F)(F)F)c1)c1ccc(Br)cc1. The molecular weight excluding hydrogens is 404 g/mol. The van der Waals surface area contributed by atoms with Crippen molar-refractivity contribution in [3.05, 3.63) is 63.6 Å². The number of hydrogen-bond donors (Lipinski definition) is 1. The van der Waals surface area contributed by atoms with Gasteiger partial charge in [0.25, 0.3) is 5.91 Å². The molecule has 0 atom stereocenters. The molecule has 1 N–H and O–H groups in total. The number of anilines is 1. The Morgan fingerprint density at radius 3 is 1.71 bits per heavy atom. The average molecular weight is 412 g/mol. The highest BCUT2D eigenvalue weighted by molar-refractivity contribution is 9.10. The number of halogens is 7. The van der Waals surface area contributed by atoms with Crippen molar-refractivity contribution < 1.29 is 31.1 Å². The quantitative estimate of drug-likeness (QED) is 0.627. The minimum Gasteiger partial charge on any atom is -0.322 e. The summed E-state index contributed by atoms with van der Waals surface area (Å²) in [7, 11) is 0. The standard InChI is InChI=1S/C15H8BrF6NO/c16-11-3-1-8(2-4-11)13(24)23-12-6-9(14(17,18)19)5-10(7-12)15(20,21)22/h1-7H,(H,23,24). The summed E-state index contributed by atoms with van der Waals surface area (Å²) >= 11 is 3.14. The van der Waals surface area contributed by atoms with Crippen LogP contribution >= 0.6 is 15.9 Å². The normalized spacial score (nSPS) is 12.1. The molecule has 0 aromatic heterocycles. The lowest BCUT2D eigenvalue weighted by Gasteiger charge is -2.14. The van der Waals surface area contributed by atoms with E-state index in [4.69, 9.17) is 0 Å². The van der Waals surface area contributed by atoms with Crippen molar-refractivity contribution >= 4 is 27.5 Å². The third-order valence-corrected chi connectivity index (χ3v) is 3.48. The highest BCUT2D eigenvalue weighted by Crippen LogP contribution is 2.37. The molecule has 0 bridgehead atoms. The number of carbonyl (C=O) groups is 1. The molecule has 0 aliphatic carbocycles. The molecule has 0 saturated carbocycles. The molecule has 24 heavy (non-hydrogen) atoms. The molecule has 0 aliphatic heterocycles. The summed E-state index contributed by atoms with van der Waals surface area (Å²) in [5.41, 5.74) is -3.50. The maximum absolute atomic E-state index is 12.8. The van der Waals surface area contributed by atoms with Gasteiger partial charge in [-0.1, -0.05) is 15.9 Å². The van der Waals surface area contributed by atoms with Crippen LogP contribution < -0.4 is 5.32 Å². The molecule has 128 valence electrons. The predicted octanol–water partition coefficient (Wildman–Crippen LogP) is 5.74. The molecule has 0 aliphatic rings. The fourth-order valence-electron chi connectivity index (χ4n) is 1.83.